The van der Waals surface area contributed by atoms with E-state index in [-0.39, 0.29) is 18.6 Å². The Hall–Kier alpha value is -2.11. The van der Waals surface area contributed by atoms with Crippen molar-refractivity contribution in [3.05, 3.63) is 59.0 Å². The number of rotatable bonds is 8. The lowest BCUT2D eigenvalue weighted by Crippen LogP contribution is -2.41. The van der Waals surface area contributed by atoms with Crippen LogP contribution in [-0.2, 0) is 13.1 Å². The van der Waals surface area contributed by atoms with Crippen LogP contribution in [0.1, 0.15) is 40.8 Å². The fraction of sp³-hybridized carbons (Fsp3) is 0.450. The molecule has 0 saturated carbocycles. The fourth-order valence-electron chi connectivity index (χ4n) is 2.82. The maximum absolute atomic E-state index is 13.0. The van der Waals surface area contributed by atoms with Crippen LogP contribution in [0.15, 0.2) is 40.8 Å². The molecule has 5 nitrogen and oxygen atoms in total. The smallest absolute Gasteiger partial charge is 0.290 e. The van der Waals surface area contributed by atoms with Crippen molar-refractivity contribution < 1.29 is 14.3 Å². The average molecular weight is 344 g/mol. The predicted octanol–water partition coefficient (Wildman–Crippen LogP) is 3.06. The number of hydrogen-bond donors (Lipinski definition) is 1. The Morgan fingerprint density at radius 2 is 1.88 bits per heavy atom. The highest BCUT2D eigenvalue weighted by Crippen LogP contribution is 2.19. The molecule has 1 N–H and O–H groups in total. The van der Waals surface area contributed by atoms with Gasteiger partial charge in [0.1, 0.15) is 5.76 Å². The lowest BCUT2D eigenvalue weighted by atomic mass is 10.1. The molecule has 0 bridgehead atoms. The van der Waals surface area contributed by atoms with Crippen LogP contribution in [0.3, 0.4) is 0 Å². The number of benzene rings is 1. The van der Waals surface area contributed by atoms with Crippen LogP contribution in [-0.4, -0.2) is 47.6 Å². The molecule has 1 heterocycles. The molecule has 1 aromatic carbocycles. The molecule has 5 heteroatoms. The van der Waals surface area contributed by atoms with E-state index < -0.39 is 0 Å². The molecule has 136 valence electrons. The van der Waals surface area contributed by atoms with Crippen LogP contribution >= 0.6 is 0 Å². The van der Waals surface area contributed by atoms with Gasteiger partial charge in [-0.25, -0.2) is 0 Å². The van der Waals surface area contributed by atoms with Gasteiger partial charge in [-0.3, -0.25) is 4.79 Å². The molecule has 0 saturated heterocycles. The van der Waals surface area contributed by atoms with Gasteiger partial charge in [-0.2, -0.15) is 0 Å². The van der Waals surface area contributed by atoms with E-state index in [2.05, 4.69) is 0 Å². The van der Waals surface area contributed by atoms with Gasteiger partial charge in [0.2, 0.25) is 0 Å². The van der Waals surface area contributed by atoms with Crippen molar-refractivity contribution in [2.45, 2.75) is 39.4 Å². The number of nitrogens with zero attached hydrogens (tertiary/aromatic N) is 2. The molecule has 0 unspecified atom stereocenters. The van der Waals surface area contributed by atoms with Gasteiger partial charge in [0.25, 0.3) is 5.91 Å². The van der Waals surface area contributed by atoms with Gasteiger partial charge in [0.05, 0.1) is 19.2 Å². The average Bonchev–Trinajstić information content (AvgIpc) is 3.03. The number of furan rings is 1. The van der Waals surface area contributed by atoms with Gasteiger partial charge in [0, 0.05) is 6.54 Å². The van der Waals surface area contributed by atoms with Crippen LogP contribution < -0.4 is 0 Å². The standard InChI is InChI=1S/C20H28N2O3/c1-5-17(14-23)22(12-16-9-7-6-8-15(16)2)20(24)19-11-10-18(25-19)13-21(3)4/h6-11,17,23H,5,12-14H2,1-4H3/t17-/m1/s1. The fourth-order valence-corrected chi connectivity index (χ4v) is 2.82. The van der Waals surface area contributed by atoms with E-state index in [0.717, 1.165) is 16.9 Å². The van der Waals surface area contributed by atoms with E-state index in [1.54, 1.807) is 11.0 Å². The van der Waals surface area contributed by atoms with E-state index in [4.69, 9.17) is 4.42 Å². The second-order valence-corrected chi connectivity index (χ2v) is 6.61. The maximum Gasteiger partial charge on any atom is 0.290 e. The third kappa shape index (κ3) is 4.94. The summed E-state index contributed by atoms with van der Waals surface area (Å²) in [4.78, 5) is 16.7. The van der Waals surface area contributed by atoms with Crippen molar-refractivity contribution in [3.63, 3.8) is 0 Å². The highest BCUT2D eigenvalue weighted by atomic mass is 16.4. The van der Waals surface area contributed by atoms with E-state index in [1.807, 2.05) is 63.2 Å². The van der Waals surface area contributed by atoms with Gasteiger partial charge < -0.3 is 19.3 Å². The monoisotopic (exact) mass is 344 g/mol. The minimum atomic E-state index is -0.241. The van der Waals surface area contributed by atoms with Crippen molar-refractivity contribution in [2.75, 3.05) is 20.7 Å². The molecule has 0 aliphatic rings. The summed E-state index contributed by atoms with van der Waals surface area (Å²) in [5, 5.41) is 9.73. The molecule has 1 amide bonds. The van der Waals surface area contributed by atoms with Crippen molar-refractivity contribution in [1.29, 1.82) is 0 Å². The van der Waals surface area contributed by atoms with Crippen molar-refractivity contribution >= 4 is 5.91 Å². The highest BCUT2D eigenvalue weighted by Gasteiger charge is 2.26. The molecule has 1 atom stereocenters. The minimum absolute atomic E-state index is 0.0701. The number of aryl methyl sites for hydroxylation is 1. The molecule has 0 aliphatic carbocycles. The summed E-state index contributed by atoms with van der Waals surface area (Å²) < 4.78 is 5.73. The van der Waals surface area contributed by atoms with E-state index >= 15 is 0 Å². The summed E-state index contributed by atoms with van der Waals surface area (Å²) >= 11 is 0. The molecule has 25 heavy (non-hydrogen) atoms. The Balaban J connectivity index is 2.26. The first kappa shape index (κ1) is 19.2. The summed E-state index contributed by atoms with van der Waals surface area (Å²) in [7, 11) is 3.90. The largest absolute Gasteiger partial charge is 0.455 e. The Morgan fingerprint density at radius 1 is 1.16 bits per heavy atom. The van der Waals surface area contributed by atoms with Crippen LogP contribution in [0.5, 0.6) is 0 Å². The number of carbonyl (C=O) groups excluding carboxylic acids is 1. The molecule has 2 rings (SSSR count). The first-order chi connectivity index (χ1) is 12.0. The summed E-state index contributed by atoms with van der Waals surface area (Å²) in [5.74, 6) is 0.882. The quantitative estimate of drug-likeness (QED) is 0.800. The number of aliphatic hydroxyl groups is 1. The Kier molecular flexibility index (Phi) is 6.79. The van der Waals surface area contributed by atoms with Crippen molar-refractivity contribution in [1.82, 2.24) is 9.80 Å². The molecule has 1 aromatic heterocycles. The van der Waals surface area contributed by atoms with Crippen LogP contribution in [0.2, 0.25) is 0 Å². The molecule has 0 spiro atoms. The Labute approximate surface area is 149 Å². The van der Waals surface area contributed by atoms with E-state index in [0.29, 0.717) is 25.3 Å². The van der Waals surface area contributed by atoms with Gasteiger partial charge in [-0.15, -0.1) is 0 Å². The number of amides is 1. The minimum Gasteiger partial charge on any atom is -0.455 e. The molecule has 0 radical (unpaired) electrons. The topological polar surface area (TPSA) is 56.9 Å². The van der Waals surface area contributed by atoms with Crippen LogP contribution in [0.25, 0.3) is 0 Å². The van der Waals surface area contributed by atoms with Gasteiger partial charge in [-0.1, -0.05) is 31.2 Å². The molecular weight excluding hydrogens is 316 g/mol. The first-order valence-corrected chi connectivity index (χ1v) is 8.66. The zero-order chi connectivity index (χ0) is 18.4. The van der Waals surface area contributed by atoms with Crippen LogP contribution in [0.4, 0.5) is 0 Å². The summed E-state index contributed by atoms with van der Waals surface area (Å²) in [5.41, 5.74) is 2.20. The van der Waals surface area contributed by atoms with Crippen molar-refractivity contribution in [3.8, 4) is 0 Å². The van der Waals surface area contributed by atoms with E-state index in [1.165, 1.54) is 0 Å². The van der Waals surface area contributed by atoms with E-state index in [9.17, 15) is 9.90 Å². The molecular formula is C20H28N2O3. The molecule has 0 fully saturated rings. The lowest BCUT2D eigenvalue weighted by Gasteiger charge is -2.30. The van der Waals surface area contributed by atoms with Gasteiger partial charge >= 0.3 is 0 Å². The third-order valence-electron chi connectivity index (χ3n) is 4.33. The second-order valence-electron chi connectivity index (χ2n) is 6.61. The normalized spacial score (nSPS) is 12.4. The van der Waals surface area contributed by atoms with Gasteiger partial charge in [0.15, 0.2) is 5.76 Å². The third-order valence-corrected chi connectivity index (χ3v) is 4.33. The van der Waals surface area contributed by atoms with Crippen LogP contribution in [0, 0.1) is 6.92 Å². The summed E-state index contributed by atoms with van der Waals surface area (Å²) in [6, 6.07) is 11.3. The summed E-state index contributed by atoms with van der Waals surface area (Å²) in [6.07, 6.45) is 0.680. The Bertz CT molecular complexity index is 690. The SMILES string of the molecule is CC[C@H](CO)N(Cc1ccccc1C)C(=O)c1ccc(CN(C)C)o1. The maximum atomic E-state index is 13.0. The Morgan fingerprint density at radius 3 is 2.48 bits per heavy atom. The number of aliphatic hydroxyl groups excluding tert-OH is 1. The zero-order valence-electron chi connectivity index (χ0n) is 15.5. The number of carbonyl (C=O) groups is 1. The lowest BCUT2D eigenvalue weighted by molar-refractivity contribution is 0.0529. The predicted molar refractivity (Wildman–Crippen MR) is 98.3 cm³/mol. The highest BCUT2D eigenvalue weighted by molar-refractivity contribution is 5.91. The number of hydrogen-bond acceptors (Lipinski definition) is 4. The van der Waals surface area contributed by atoms with Crippen molar-refractivity contribution in [2.24, 2.45) is 0 Å². The first-order valence-electron chi connectivity index (χ1n) is 8.66. The zero-order valence-corrected chi connectivity index (χ0v) is 15.5. The van der Waals surface area contributed by atoms with Gasteiger partial charge in [-0.05, 0) is 50.7 Å². The molecule has 2 aromatic rings. The second kappa shape index (κ2) is 8.83. The summed E-state index contributed by atoms with van der Waals surface area (Å²) in [6.45, 7) is 5.02. The molecule has 0 aliphatic heterocycles.